The van der Waals surface area contributed by atoms with Crippen molar-refractivity contribution in [3.05, 3.63) is 82.6 Å². The van der Waals surface area contributed by atoms with Crippen molar-refractivity contribution in [1.82, 2.24) is 10.3 Å². The molecule has 0 radical (unpaired) electrons. The molecular weight excluding hydrogens is 392 g/mol. The Labute approximate surface area is 172 Å². The lowest BCUT2D eigenvalue weighted by Crippen LogP contribution is -2.34. The number of methoxy groups -OCH3 is 1. The number of carbonyl (C=O) groups excluding carboxylic acids is 2. The van der Waals surface area contributed by atoms with E-state index in [9.17, 15) is 9.59 Å². The molecule has 146 valence electrons. The van der Waals surface area contributed by atoms with Crippen LogP contribution in [0.15, 0.2) is 60.9 Å². The summed E-state index contributed by atoms with van der Waals surface area (Å²) in [6.45, 7) is 0.381. The number of rotatable bonds is 4. The number of carbonyl (C=O) groups is 2. The van der Waals surface area contributed by atoms with Gasteiger partial charge in [-0.3, -0.25) is 9.78 Å². The largest absolute Gasteiger partial charge is 0.488 e. The van der Waals surface area contributed by atoms with Crippen molar-refractivity contribution in [1.29, 1.82) is 0 Å². The molecule has 0 aliphatic carbocycles. The molecule has 1 aliphatic rings. The van der Waals surface area contributed by atoms with Crippen LogP contribution in [0.5, 0.6) is 5.75 Å². The molecule has 0 unspecified atom stereocenters. The molecule has 1 N–H and O–H groups in total. The van der Waals surface area contributed by atoms with Gasteiger partial charge in [-0.25, -0.2) is 4.79 Å². The maximum atomic E-state index is 12.9. The predicted molar refractivity (Wildman–Crippen MR) is 108 cm³/mol. The van der Waals surface area contributed by atoms with Crippen molar-refractivity contribution in [3.63, 3.8) is 0 Å². The normalized spacial score (nSPS) is 12.8. The number of halogens is 1. The van der Waals surface area contributed by atoms with E-state index in [-0.39, 0.29) is 0 Å². The minimum atomic E-state index is -1.02. The maximum Gasteiger partial charge on any atom is 0.333 e. The molecule has 0 saturated carbocycles. The molecule has 0 spiro atoms. The quantitative estimate of drug-likeness (QED) is 0.661. The summed E-state index contributed by atoms with van der Waals surface area (Å²) in [6, 6.07) is 12.9. The first-order valence-electron chi connectivity index (χ1n) is 8.91. The molecule has 29 heavy (non-hydrogen) atoms. The highest BCUT2D eigenvalue weighted by Crippen LogP contribution is 2.37. The first-order valence-corrected chi connectivity index (χ1v) is 9.29. The molecule has 0 saturated heterocycles. The number of benzene rings is 2. The van der Waals surface area contributed by atoms with Gasteiger partial charge in [-0.15, -0.1) is 0 Å². The number of ether oxygens (including phenoxy) is 2. The summed E-state index contributed by atoms with van der Waals surface area (Å²) in [5, 5.41) is 3.07. The molecule has 1 aliphatic heterocycles. The molecule has 3 aromatic rings. The van der Waals surface area contributed by atoms with E-state index in [4.69, 9.17) is 21.1 Å². The number of nitrogens with one attached hydrogen (secondary N) is 1. The lowest BCUT2D eigenvalue weighted by Gasteiger charge is -2.22. The molecule has 0 bridgehead atoms. The Kier molecular flexibility index (Phi) is 5.18. The minimum Gasteiger partial charge on any atom is -0.488 e. The number of esters is 1. The van der Waals surface area contributed by atoms with E-state index in [0.29, 0.717) is 28.5 Å². The van der Waals surface area contributed by atoms with Gasteiger partial charge in [-0.05, 0) is 35.9 Å². The van der Waals surface area contributed by atoms with Crippen LogP contribution in [0.25, 0.3) is 11.1 Å². The second-order valence-electron chi connectivity index (χ2n) is 6.48. The Morgan fingerprint density at radius 3 is 2.79 bits per heavy atom. The molecule has 4 rings (SSSR count). The fraction of sp³-hybridized carbons (Fsp3) is 0.136. The van der Waals surface area contributed by atoms with E-state index in [1.165, 1.54) is 7.11 Å². The molecule has 7 heteroatoms. The summed E-state index contributed by atoms with van der Waals surface area (Å²) in [4.78, 5) is 29.3. The van der Waals surface area contributed by atoms with Gasteiger partial charge in [0.2, 0.25) is 0 Å². The Morgan fingerprint density at radius 1 is 1.17 bits per heavy atom. The summed E-state index contributed by atoms with van der Waals surface area (Å²) in [5.41, 5.74) is 3.73. The van der Waals surface area contributed by atoms with E-state index in [0.717, 1.165) is 16.7 Å². The van der Waals surface area contributed by atoms with E-state index < -0.39 is 17.9 Å². The average Bonchev–Trinajstić information content (AvgIpc) is 2.77. The monoisotopic (exact) mass is 408 g/mol. The van der Waals surface area contributed by atoms with Gasteiger partial charge in [-0.2, -0.15) is 0 Å². The third-order valence-corrected chi connectivity index (χ3v) is 5.09. The zero-order valence-electron chi connectivity index (χ0n) is 15.5. The summed E-state index contributed by atoms with van der Waals surface area (Å²) in [7, 11) is 1.26. The van der Waals surface area contributed by atoms with Gasteiger partial charge in [0, 0.05) is 39.7 Å². The summed E-state index contributed by atoms with van der Waals surface area (Å²) >= 11 is 6.21. The van der Waals surface area contributed by atoms with Gasteiger partial charge in [0.05, 0.1) is 7.11 Å². The van der Waals surface area contributed by atoms with Crippen LogP contribution < -0.4 is 10.1 Å². The number of aromatic nitrogens is 1. The molecule has 1 amide bonds. The molecule has 0 fully saturated rings. The first-order chi connectivity index (χ1) is 14.1. The zero-order chi connectivity index (χ0) is 20.4. The van der Waals surface area contributed by atoms with Crippen LogP contribution in [-0.4, -0.2) is 24.0 Å². The van der Waals surface area contributed by atoms with Crippen LogP contribution in [0.1, 0.15) is 27.5 Å². The van der Waals surface area contributed by atoms with E-state index in [1.54, 1.807) is 48.8 Å². The van der Waals surface area contributed by atoms with E-state index in [2.05, 4.69) is 10.3 Å². The van der Waals surface area contributed by atoms with Crippen LogP contribution in [0, 0.1) is 0 Å². The highest BCUT2D eigenvalue weighted by Gasteiger charge is 2.27. The summed E-state index contributed by atoms with van der Waals surface area (Å²) < 4.78 is 10.6. The summed E-state index contributed by atoms with van der Waals surface area (Å²) in [5.74, 6) is -0.446. The maximum absolute atomic E-state index is 12.9. The number of nitrogens with zero attached hydrogens (tertiary/aromatic N) is 1. The number of hydrogen-bond acceptors (Lipinski definition) is 5. The predicted octanol–water partition coefficient (Wildman–Crippen LogP) is 3.94. The van der Waals surface area contributed by atoms with Crippen molar-refractivity contribution in [2.75, 3.05) is 7.11 Å². The third kappa shape index (κ3) is 3.67. The van der Waals surface area contributed by atoms with Gasteiger partial charge < -0.3 is 14.8 Å². The number of pyridine rings is 1. The van der Waals surface area contributed by atoms with Gasteiger partial charge >= 0.3 is 5.97 Å². The van der Waals surface area contributed by atoms with Crippen LogP contribution in [0.3, 0.4) is 0 Å². The van der Waals surface area contributed by atoms with Crippen molar-refractivity contribution in [2.24, 2.45) is 0 Å². The second kappa shape index (κ2) is 7.93. The van der Waals surface area contributed by atoms with Crippen LogP contribution in [0.2, 0.25) is 5.02 Å². The Morgan fingerprint density at radius 2 is 2.00 bits per heavy atom. The lowest BCUT2D eigenvalue weighted by molar-refractivity contribution is -0.143. The van der Waals surface area contributed by atoms with Gasteiger partial charge in [-0.1, -0.05) is 29.8 Å². The zero-order valence-corrected chi connectivity index (χ0v) is 16.3. The molecule has 1 atom stereocenters. The molecule has 6 nitrogen and oxygen atoms in total. The van der Waals surface area contributed by atoms with E-state index in [1.807, 2.05) is 12.1 Å². The second-order valence-corrected chi connectivity index (χ2v) is 6.89. The molecule has 2 heterocycles. The minimum absolute atomic E-state index is 0.363. The van der Waals surface area contributed by atoms with Crippen molar-refractivity contribution in [2.45, 2.75) is 12.6 Å². The fourth-order valence-corrected chi connectivity index (χ4v) is 3.52. The number of amides is 1. The van der Waals surface area contributed by atoms with Crippen molar-refractivity contribution in [3.8, 4) is 16.9 Å². The van der Waals surface area contributed by atoms with Gasteiger partial charge in [0.15, 0.2) is 6.04 Å². The standard InChI is InChI=1S/C22H17ClN2O4/c1-28-22(27)20(17-4-2-3-5-18(17)23)25-21(26)13-6-7-16-15-8-9-24-11-14(15)12-29-19(16)10-13/h2-11,20H,12H2,1H3,(H,25,26)/t20-/m1/s1. The van der Waals surface area contributed by atoms with Crippen LogP contribution in [0.4, 0.5) is 0 Å². The van der Waals surface area contributed by atoms with E-state index >= 15 is 0 Å². The topological polar surface area (TPSA) is 77.5 Å². The molecule has 1 aromatic heterocycles. The molecule has 2 aromatic carbocycles. The van der Waals surface area contributed by atoms with Crippen molar-refractivity contribution < 1.29 is 19.1 Å². The fourth-order valence-electron chi connectivity index (χ4n) is 3.27. The van der Waals surface area contributed by atoms with Gasteiger partial charge in [0.1, 0.15) is 12.4 Å². The number of hydrogen-bond donors (Lipinski definition) is 1. The summed E-state index contributed by atoms with van der Waals surface area (Å²) in [6.07, 6.45) is 3.49. The highest BCUT2D eigenvalue weighted by atomic mass is 35.5. The highest BCUT2D eigenvalue weighted by molar-refractivity contribution is 6.31. The van der Waals surface area contributed by atoms with Crippen molar-refractivity contribution >= 4 is 23.5 Å². The SMILES string of the molecule is COC(=O)[C@H](NC(=O)c1ccc2c(c1)OCc1cnccc1-2)c1ccccc1Cl. The Balaban J connectivity index is 1.63. The molecular formula is C22H17ClN2O4. The average molecular weight is 409 g/mol. The Hall–Kier alpha value is -3.38. The van der Waals surface area contributed by atoms with Crippen LogP contribution >= 0.6 is 11.6 Å². The number of fused-ring (bicyclic) bond motifs is 3. The third-order valence-electron chi connectivity index (χ3n) is 4.75. The lowest BCUT2D eigenvalue weighted by atomic mass is 9.97. The van der Waals surface area contributed by atoms with Crippen LogP contribution in [-0.2, 0) is 16.1 Å². The smallest absolute Gasteiger partial charge is 0.333 e. The first kappa shape index (κ1) is 19.0. The Bertz CT molecular complexity index is 1100. The van der Waals surface area contributed by atoms with Gasteiger partial charge in [0.25, 0.3) is 5.91 Å².